The molecular weight excluding hydrogens is 298 g/mol. The van der Waals surface area contributed by atoms with E-state index in [0.29, 0.717) is 0 Å². The van der Waals surface area contributed by atoms with E-state index in [1.807, 2.05) is 0 Å². The van der Waals surface area contributed by atoms with Gasteiger partial charge in [0.05, 0.1) is 0 Å². The molecule has 1 nitrogen and oxygen atoms in total. The lowest BCUT2D eigenvalue weighted by atomic mass is 9.92. The molecule has 0 saturated heterocycles. The minimum absolute atomic E-state index is 0.828. The summed E-state index contributed by atoms with van der Waals surface area (Å²) in [6.45, 7) is 0.828. The average Bonchev–Trinajstić information content (AvgIpc) is 2.46. The number of rotatable bonds is 2. The van der Waals surface area contributed by atoms with Crippen LogP contribution in [0.5, 0.6) is 0 Å². The monoisotopic (exact) mass is 309 g/mol. The van der Waals surface area contributed by atoms with Crippen LogP contribution in [0.25, 0.3) is 32.3 Å². The predicted octanol–water partition coefficient (Wildman–Crippen LogP) is 4.98. The third kappa shape index (κ3) is 1.57. The van der Waals surface area contributed by atoms with Crippen molar-refractivity contribution < 1.29 is 0 Å². The third-order valence-corrected chi connectivity index (χ3v) is 4.16. The molecule has 0 aliphatic rings. The number of hydrogen-bond donors (Lipinski definition) is 1. The fourth-order valence-corrected chi connectivity index (χ4v) is 3.32. The van der Waals surface area contributed by atoms with Crippen LogP contribution in [0.4, 0.5) is 0 Å². The topological polar surface area (TPSA) is 12.0 Å². The van der Waals surface area contributed by atoms with Gasteiger partial charge < -0.3 is 0 Å². The molecule has 0 aromatic heterocycles. The van der Waals surface area contributed by atoms with Crippen molar-refractivity contribution >= 4 is 48.5 Å². The van der Waals surface area contributed by atoms with E-state index in [-0.39, 0.29) is 0 Å². The summed E-state index contributed by atoms with van der Waals surface area (Å²) in [5, 5.41) is 8.07. The maximum absolute atomic E-state index is 3.30. The van der Waals surface area contributed by atoms with Crippen LogP contribution in [-0.2, 0) is 6.54 Å². The first-order chi connectivity index (χ1) is 9.38. The van der Waals surface area contributed by atoms with Crippen molar-refractivity contribution in [3.63, 3.8) is 0 Å². The first kappa shape index (κ1) is 11.2. The molecule has 0 atom stereocenters. The van der Waals surface area contributed by atoms with Crippen molar-refractivity contribution in [3.05, 3.63) is 60.2 Å². The standard InChI is InChI=1S/C17H12BrN/c18-19-10-14-7-6-13-5-4-11-2-1-3-12-8-9-15(14)17(13)16(11)12/h1-9,19H,10H2. The molecule has 0 saturated carbocycles. The molecule has 0 aliphatic carbocycles. The quantitative estimate of drug-likeness (QED) is 0.406. The maximum Gasteiger partial charge on any atom is 0.0319 e. The zero-order valence-corrected chi connectivity index (χ0v) is 11.9. The molecule has 0 radical (unpaired) electrons. The molecule has 2 heteroatoms. The van der Waals surface area contributed by atoms with E-state index in [1.54, 1.807) is 0 Å². The van der Waals surface area contributed by atoms with Crippen LogP contribution in [0.1, 0.15) is 5.56 Å². The summed E-state index contributed by atoms with van der Waals surface area (Å²) in [6.07, 6.45) is 0. The highest BCUT2D eigenvalue weighted by Gasteiger charge is 2.09. The Hall–Kier alpha value is -1.64. The van der Waals surface area contributed by atoms with Crippen molar-refractivity contribution in [1.29, 1.82) is 0 Å². The van der Waals surface area contributed by atoms with Gasteiger partial charge in [0.1, 0.15) is 0 Å². The molecule has 4 aromatic carbocycles. The van der Waals surface area contributed by atoms with Gasteiger partial charge in [0.15, 0.2) is 0 Å². The highest BCUT2D eigenvalue weighted by atomic mass is 79.9. The van der Waals surface area contributed by atoms with Crippen LogP contribution in [0, 0.1) is 0 Å². The van der Waals surface area contributed by atoms with E-state index in [9.17, 15) is 0 Å². The lowest BCUT2D eigenvalue weighted by molar-refractivity contribution is 1.01. The molecule has 1 N–H and O–H groups in total. The first-order valence-corrected chi connectivity index (χ1v) is 7.17. The number of hydrogen-bond acceptors (Lipinski definition) is 1. The summed E-state index contributed by atoms with van der Waals surface area (Å²) < 4.78 is 3.07. The molecule has 92 valence electrons. The van der Waals surface area contributed by atoms with Crippen LogP contribution in [-0.4, -0.2) is 0 Å². The van der Waals surface area contributed by atoms with Gasteiger partial charge in [0.25, 0.3) is 0 Å². The smallest absolute Gasteiger partial charge is 0.0319 e. The molecule has 0 unspecified atom stereocenters. The summed E-state index contributed by atoms with van der Waals surface area (Å²) in [4.78, 5) is 0. The van der Waals surface area contributed by atoms with Gasteiger partial charge in [-0.3, -0.25) is 4.34 Å². The summed E-state index contributed by atoms with van der Waals surface area (Å²) in [5.41, 5.74) is 1.32. The molecule has 0 bridgehead atoms. The molecule has 0 fully saturated rings. The molecule has 19 heavy (non-hydrogen) atoms. The Kier molecular flexibility index (Phi) is 2.47. The molecule has 0 amide bonds. The van der Waals surface area contributed by atoms with E-state index in [1.165, 1.54) is 37.9 Å². The molecule has 0 heterocycles. The van der Waals surface area contributed by atoms with Crippen LogP contribution < -0.4 is 4.34 Å². The van der Waals surface area contributed by atoms with Gasteiger partial charge in [-0.1, -0.05) is 54.6 Å². The first-order valence-electron chi connectivity index (χ1n) is 6.37. The van der Waals surface area contributed by atoms with Crippen LogP contribution >= 0.6 is 16.1 Å². The van der Waals surface area contributed by atoms with Gasteiger partial charge in [0.2, 0.25) is 0 Å². The minimum atomic E-state index is 0.828. The Labute approximate surface area is 119 Å². The zero-order valence-electron chi connectivity index (χ0n) is 10.3. The second-order valence-corrected chi connectivity index (χ2v) is 5.45. The Morgan fingerprint density at radius 3 is 2.11 bits per heavy atom. The highest BCUT2D eigenvalue weighted by Crippen LogP contribution is 2.35. The lowest BCUT2D eigenvalue weighted by Gasteiger charge is -2.13. The van der Waals surface area contributed by atoms with E-state index in [4.69, 9.17) is 0 Å². The van der Waals surface area contributed by atoms with E-state index in [0.717, 1.165) is 6.54 Å². The number of nitrogens with one attached hydrogen (secondary N) is 1. The molecular formula is C17H12BrN. The number of halogens is 1. The van der Waals surface area contributed by atoms with Crippen LogP contribution in [0.2, 0.25) is 0 Å². The number of benzene rings is 4. The van der Waals surface area contributed by atoms with Crippen molar-refractivity contribution in [2.24, 2.45) is 0 Å². The normalized spacial score (nSPS) is 11.8. The van der Waals surface area contributed by atoms with Gasteiger partial charge in [-0.15, -0.1) is 0 Å². The molecule has 4 aromatic rings. The predicted molar refractivity (Wildman–Crippen MR) is 85.9 cm³/mol. The maximum atomic E-state index is 3.30. The van der Waals surface area contributed by atoms with Crippen molar-refractivity contribution in [2.45, 2.75) is 6.54 Å². The summed E-state index contributed by atoms with van der Waals surface area (Å²) >= 11 is 3.30. The van der Waals surface area contributed by atoms with Crippen molar-refractivity contribution in [1.82, 2.24) is 4.34 Å². The average molecular weight is 310 g/mol. The summed E-state index contributed by atoms with van der Waals surface area (Å²) in [7, 11) is 0. The fourth-order valence-electron chi connectivity index (χ4n) is 3.02. The Balaban J connectivity index is 2.28. The van der Waals surface area contributed by atoms with Gasteiger partial charge in [-0.2, -0.15) is 0 Å². The second-order valence-electron chi connectivity index (χ2n) is 4.89. The van der Waals surface area contributed by atoms with Gasteiger partial charge in [0, 0.05) is 22.7 Å². The van der Waals surface area contributed by atoms with E-state index >= 15 is 0 Å². The zero-order chi connectivity index (χ0) is 12.8. The van der Waals surface area contributed by atoms with Crippen molar-refractivity contribution in [3.8, 4) is 0 Å². The summed E-state index contributed by atoms with van der Waals surface area (Å²) in [6, 6.07) is 19.8. The SMILES string of the molecule is BrNCc1ccc2ccc3cccc4ccc1c2c34. The van der Waals surface area contributed by atoms with Gasteiger partial charge in [-0.25, -0.2) is 0 Å². The lowest BCUT2D eigenvalue weighted by Crippen LogP contribution is -1.98. The van der Waals surface area contributed by atoms with Crippen LogP contribution in [0.3, 0.4) is 0 Å². The Morgan fingerprint density at radius 2 is 1.37 bits per heavy atom. The largest absolute Gasteiger partial charge is 0.251 e. The van der Waals surface area contributed by atoms with E-state index < -0.39 is 0 Å². The molecule has 0 aliphatic heterocycles. The van der Waals surface area contributed by atoms with E-state index in [2.05, 4.69) is 75.1 Å². The van der Waals surface area contributed by atoms with Gasteiger partial charge in [-0.05, 0) is 37.9 Å². The third-order valence-electron chi connectivity index (χ3n) is 3.88. The Morgan fingerprint density at radius 1 is 0.737 bits per heavy atom. The second kappa shape index (κ2) is 4.19. The molecule has 4 rings (SSSR count). The Bertz CT molecular complexity index is 866. The van der Waals surface area contributed by atoms with Gasteiger partial charge >= 0.3 is 0 Å². The molecule has 0 spiro atoms. The van der Waals surface area contributed by atoms with Crippen molar-refractivity contribution in [2.75, 3.05) is 0 Å². The fraction of sp³-hybridized carbons (Fsp3) is 0.0588. The minimum Gasteiger partial charge on any atom is -0.251 e. The summed E-state index contributed by atoms with van der Waals surface area (Å²) in [5.74, 6) is 0. The highest BCUT2D eigenvalue weighted by molar-refractivity contribution is 9.08. The van der Waals surface area contributed by atoms with Crippen LogP contribution in [0.15, 0.2) is 54.6 Å².